The van der Waals surface area contributed by atoms with Gasteiger partial charge in [-0.05, 0) is 31.4 Å². The first-order valence-corrected chi connectivity index (χ1v) is 8.57. The van der Waals surface area contributed by atoms with Crippen molar-refractivity contribution in [1.82, 2.24) is 10.2 Å². The summed E-state index contributed by atoms with van der Waals surface area (Å²) in [6.07, 6.45) is 0.521. The fourth-order valence-electron chi connectivity index (χ4n) is 2.94. The molecule has 138 valence electrons. The van der Waals surface area contributed by atoms with Crippen molar-refractivity contribution in [2.45, 2.75) is 13.3 Å². The zero-order chi connectivity index (χ0) is 18.2. The Kier molecular flexibility index (Phi) is 6.91. The van der Waals surface area contributed by atoms with Gasteiger partial charge in [0.25, 0.3) is 0 Å². The number of carbonyl (C=O) groups is 2. The maximum absolute atomic E-state index is 12.0. The lowest BCUT2D eigenvalue weighted by atomic mass is 10.1. The van der Waals surface area contributed by atoms with E-state index in [-0.39, 0.29) is 12.5 Å². The molecule has 0 spiro atoms. The molecule has 1 fully saturated rings. The number of hydrogen-bond acceptors (Lipinski definition) is 5. The van der Waals surface area contributed by atoms with Crippen LogP contribution >= 0.6 is 0 Å². The Bertz CT molecular complexity index is 593. The molecule has 1 aromatic carbocycles. The van der Waals surface area contributed by atoms with Crippen LogP contribution in [0.4, 0.5) is 10.5 Å². The third-order valence-corrected chi connectivity index (χ3v) is 4.26. The number of para-hydroxylation sites is 2. The third kappa shape index (κ3) is 5.27. The molecule has 7 nitrogen and oxygen atoms in total. The van der Waals surface area contributed by atoms with Gasteiger partial charge in [0.05, 0.1) is 19.4 Å². The van der Waals surface area contributed by atoms with Gasteiger partial charge in [0.2, 0.25) is 5.91 Å². The maximum atomic E-state index is 12.0. The lowest BCUT2D eigenvalue weighted by Gasteiger charge is -2.21. The number of benzene rings is 1. The average molecular weight is 349 g/mol. The fraction of sp³-hybridized carbons (Fsp3) is 0.556. The van der Waals surface area contributed by atoms with Crippen molar-refractivity contribution in [2.75, 3.05) is 51.8 Å². The Morgan fingerprint density at radius 1 is 1.36 bits per heavy atom. The Morgan fingerprint density at radius 2 is 2.12 bits per heavy atom. The Hall–Kier alpha value is -2.44. The molecule has 1 atom stereocenters. The number of nitrogens with zero attached hydrogens (tertiary/aromatic N) is 2. The third-order valence-electron chi connectivity index (χ3n) is 4.26. The summed E-state index contributed by atoms with van der Waals surface area (Å²) in [6, 6.07) is 7.96. The highest BCUT2D eigenvalue weighted by molar-refractivity contribution is 5.82. The second-order valence-corrected chi connectivity index (χ2v) is 6.13. The Morgan fingerprint density at radius 3 is 2.84 bits per heavy atom. The molecule has 1 aliphatic heterocycles. The van der Waals surface area contributed by atoms with Crippen LogP contribution in [0.2, 0.25) is 0 Å². The normalized spacial score (nSPS) is 16.4. The van der Waals surface area contributed by atoms with Gasteiger partial charge in [-0.1, -0.05) is 12.1 Å². The number of hydrogen-bond donors (Lipinski definition) is 1. The van der Waals surface area contributed by atoms with Gasteiger partial charge in [0, 0.05) is 26.7 Å². The van der Waals surface area contributed by atoms with E-state index >= 15 is 0 Å². The molecule has 2 rings (SSSR count). The van der Waals surface area contributed by atoms with E-state index in [1.165, 1.54) is 4.90 Å². The number of ether oxygens (including phenoxy) is 2. The first-order chi connectivity index (χ1) is 12.0. The Labute approximate surface area is 148 Å². The summed E-state index contributed by atoms with van der Waals surface area (Å²) in [5.74, 6) is 1.07. The topological polar surface area (TPSA) is 71.1 Å². The molecule has 0 radical (unpaired) electrons. The van der Waals surface area contributed by atoms with Gasteiger partial charge in [-0.15, -0.1) is 0 Å². The minimum absolute atomic E-state index is 0.00176. The molecule has 1 saturated heterocycles. The van der Waals surface area contributed by atoms with Crippen LogP contribution < -0.4 is 15.0 Å². The number of carbonyl (C=O) groups excluding carboxylic acids is 2. The van der Waals surface area contributed by atoms with Crippen molar-refractivity contribution >= 4 is 17.7 Å². The molecule has 1 N–H and O–H groups in total. The molecule has 1 aliphatic rings. The van der Waals surface area contributed by atoms with Crippen molar-refractivity contribution in [2.24, 2.45) is 5.92 Å². The largest absolute Gasteiger partial charge is 0.495 e. The van der Waals surface area contributed by atoms with Crippen molar-refractivity contribution < 1.29 is 19.1 Å². The summed E-state index contributed by atoms with van der Waals surface area (Å²) < 4.78 is 10.3. The molecule has 0 bridgehead atoms. The van der Waals surface area contributed by atoms with E-state index in [1.54, 1.807) is 21.1 Å². The van der Waals surface area contributed by atoms with E-state index in [2.05, 4.69) is 10.2 Å². The summed E-state index contributed by atoms with van der Waals surface area (Å²) in [6.45, 7) is 4.44. The zero-order valence-electron chi connectivity index (χ0n) is 15.2. The smallest absolute Gasteiger partial charge is 0.409 e. The predicted molar refractivity (Wildman–Crippen MR) is 96.0 cm³/mol. The van der Waals surface area contributed by atoms with Crippen molar-refractivity contribution in [3.63, 3.8) is 0 Å². The van der Waals surface area contributed by atoms with E-state index in [0.717, 1.165) is 30.9 Å². The predicted octanol–water partition coefficient (Wildman–Crippen LogP) is 1.73. The van der Waals surface area contributed by atoms with Crippen LogP contribution in [0, 0.1) is 5.92 Å². The molecule has 0 unspecified atom stereocenters. The molecule has 0 aromatic heterocycles. The van der Waals surface area contributed by atoms with Gasteiger partial charge in [-0.2, -0.15) is 0 Å². The van der Waals surface area contributed by atoms with Gasteiger partial charge in [-0.25, -0.2) is 4.79 Å². The molecule has 25 heavy (non-hydrogen) atoms. The van der Waals surface area contributed by atoms with Crippen molar-refractivity contribution in [3.8, 4) is 5.75 Å². The van der Waals surface area contributed by atoms with Crippen LogP contribution in [0.25, 0.3) is 0 Å². The first-order valence-electron chi connectivity index (χ1n) is 8.57. The van der Waals surface area contributed by atoms with E-state index < -0.39 is 6.09 Å². The van der Waals surface area contributed by atoms with Gasteiger partial charge < -0.3 is 24.6 Å². The highest BCUT2D eigenvalue weighted by Crippen LogP contribution is 2.31. The quantitative estimate of drug-likeness (QED) is 0.812. The van der Waals surface area contributed by atoms with Crippen LogP contribution in [-0.4, -0.2) is 63.8 Å². The highest BCUT2D eigenvalue weighted by atomic mass is 16.6. The van der Waals surface area contributed by atoms with Crippen LogP contribution in [0.5, 0.6) is 5.75 Å². The molecular formula is C18H27N3O4. The molecule has 1 heterocycles. The minimum Gasteiger partial charge on any atom is -0.495 e. The highest BCUT2D eigenvalue weighted by Gasteiger charge is 2.25. The number of likely N-dealkylation sites (N-methyl/N-ethyl adjacent to an activating group) is 1. The fourth-order valence-corrected chi connectivity index (χ4v) is 2.94. The number of rotatable bonds is 7. The Balaban J connectivity index is 1.78. The molecule has 0 saturated carbocycles. The van der Waals surface area contributed by atoms with Crippen LogP contribution in [0.3, 0.4) is 0 Å². The van der Waals surface area contributed by atoms with E-state index in [1.807, 2.05) is 24.3 Å². The molecule has 2 amide bonds. The van der Waals surface area contributed by atoms with Crippen LogP contribution in [0.15, 0.2) is 24.3 Å². The zero-order valence-corrected chi connectivity index (χ0v) is 15.2. The van der Waals surface area contributed by atoms with E-state index in [4.69, 9.17) is 9.47 Å². The molecule has 1 aromatic rings. The summed E-state index contributed by atoms with van der Waals surface area (Å²) >= 11 is 0. The van der Waals surface area contributed by atoms with Gasteiger partial charge in [0.15, 0.2) is 0 Å². The summed E-state index contributed by atoms with van der Waals surface area (Å²) in [5, 5.41) is 2.91. The first kappa shape index (κ1) is 18.9. The second kappa shape index (κ2) is 9.15. The van der Waals surface area contributed by atoms with Gasteiger partial charge in [-0.3, -0.25) is 4.79 Å². The minimum atomic E-state index is -0.485. The lowest BCUT2D eigenvalue weighted by Crippen LogP contribution is -2.40. The molecular weight excluding hydrogens is 322 g/mol. The number of nitrogens with one attached hydrogen (secondary N) is 1. The van der Waals surface area contributed by atoms with E-state index in [0.29, 0.717) is 19.1 Å². The average Bonchev–Trinajstić information content (AvgIpc) is 3.09. The number of anilines is 1. The van der Waals surface area contributed by atoms with E-state index in [9.17, 15) is 9.59 Å². The van der Waals surface area contributed by atoms with Crippen molar-refractivity contribution in [3.05, 3.63) is 24.3 Å². The van der Waals surface area contributed by atoms with Gasteiger partial charge >= 0.3 is 6.09 Å². The lowest BCUT2D eigenvalue weighted by molar-refractivity contribution is -0.121. The monoisotopic (exact) mass is 349 g/mol. The summed E-state index contributed by atoms with van der Waals surface area (Å²) in [4.78, 5) is 27.0. The molecule has 7 heteroatoms. The summed E-state index contributed by atoms with van der Waals surface area (Å²) in [5.41, 5.74) is 1.08. The van der Waals surface area contributed by atoms with Crippen LogP contribution in [-0.2, 0) is 9.53 Å². The second-order valence-electron chi connectivity index (χ2n) is 6.13. The van der Waals surface area contributed by atoms with Crippen molar-refractivity contribution in [1.29, 1.82) is 0 Å². The molecule has 0 aliphatic carbocycles. The number of amides is 2. The maximum Gasteiger partial charge on any atom is 0.409 e. The van der Waals surface area contributed by atoms with Crippen LogP contribution in [0.1, 0.15) is 13.3 Å². The SMILES string of the molecule is CCOC(=O)N(C)CC(=O)NC[C@@H]1CCN(c2ccccc2OC)C1. The number of methoxy groups -OCH3 is 1. The standard InChI is InChI=1S/C18H27N3O4/c1-4-25-18(23)20(2)13-17(22)19-11-14-9-10-21(12-14)15-7-5-6-8-16(15)24-3/h5-8,14H,4,9-13H2,1-3H3,(H,19,22)/t14-/m0/s1. The summed E-state index contributed by atoms with van der Waals surface area (Å²) in [7, 11) is 3.23. The van der Waals surface area contributed by atoms with Gasteiger partial charge in [0.1, 0.15) is 12.3 Å².